The van der Waals surface area contributed by atoms with Crippen molar-refractivity contribution in [3.63, 3.8) is 0 Å². The van der Waals surface area contributed by atoms with Crippen molar-refractivity contribution in [1.82, 2.24) is 0 Å². The van der Waals surface area contributed by atoms with E-state index in [1.165, 1.54) is 0 Å². The fourth-order valence-corrected chi connectivity index (χ4v) is 0.384. The second-order valence-corrected chi connectivity index (χ2v) is 1.30. The lowest BCUT2D eigenvalue weighted by atomic mass is 10.3. The molecule has 0 saturated heterocycles. The first kappa shape index (κ1) is 4.18. The monoisotopic (exact) mass is 97.0 g/mol. The summed E-state index contributed by atoms with van der Waals surface area (Å²) in [4.78, 5) is 23.3. The highest BCUT2D eigenvalue weighted by molar-refractivity contribution is 6.37. The molecule has 0 aliphatic carbocycles. The molecule has 1 rings (SSSR count). The van der Waals surface area contributed by atoms with Crippen LogP contribution in [0, 0.1) is 0 Å². The van der Waals surface area contributed by atoms with E-state index < -0.39 is 0 Å². The number of Topliss-reactive ketones (excluding diaryl/α,β-unsaturated/α-hetero) is 1. The lowest BCUT2D eigenvalue weighted by Crippen LogP contribution is -1.93. The Balaban J connectivity index is 2.76. The zero-order valence-corrected chi connectivity index (χ0v) is 3.55. The minimum Gasteiger partial charge on any atom is -0.293 e. The Kier molecular flexibility index (Phi) is 0.749. The molecule has 0 aromatic carbocycles. The lowest BCUT2D eigenvalue weighted by Gasteiger charge is -1.69. The van der Waals surface area contributed by atoms with Crippen molar-refractivity contribution in [2.45, 2.75) is 6.42 Å². The first-order valence-corrected chi connectivity index (χ1v) is 1.89. The average Bonchev–Trinajstić information content (AvgIpc) is 1.87. The van der Waals surface area contributed by atoms with Crippen LogP contribution in [0.2, 0.25) is 0 Å². The molecule has 0 unspecified atom stereocenters. The summed E-state index contributed by atoms with van der Waals surface area (Å²) in [5, 5.41) is 0. The van der Waals surface area contributed by atoms with E-state index in [0.717, 1.165) is 6.21 Å². The van der Waals surface area contributed by atoms with Crippen molar-refractivity contribution in [3.8, 4) is 0 Å². The molecule has 3 nitrogen and oxygen atoms in total. The molecule has 0 N–H and O–H groups in total. The molecule has 1 heterocycles. The summed E-state index contributed by atoms with van der Waals surface area (Å²) in [5.41, 5.74) is 0. The third-order valence-corrected chi connectivity index (χ3v) is 0.678. The number of amides is 1. The van der Waals surface area contributed by atoms with Gasteiger partial charge in [-0.25, -0.2) is 4.99 Å². The summed E-state index contributed by atoms with van der Waals surface area (Å²) < 4.78 is 0. The van der Waals surface area contributed by atoms with Gasteiger partial charge in [-0.3, -0.25) is 9.59 Å². The van der Waals surface area contributed by atoms with Crippen LogP contribution in [-0.4, -0.2) is 17.9 Å². The first-order chi connectivity index (χ1) is 3.29. The maximum atomic E-state index is 10.1. The summed E-state index contributed by atoms with van der Waals surface area (Å²) in [6.45, 7) is 0. The van der Waals surface area contributed by atoms with Gasteiger partial charge >= 0.3 is 0 Å². The third kappa shape index (κ3) is 0.707. The smallest absolute Gasteiger partial charge is 0.253 e. The lowest BCUT2D eigenvalue weighted by molar-refractivity contribution is -0.121. The molecule has 0 aromatic heterocycles. The average molecular weight is 97.1 g/mol. The Morgan fingerprint density at radius 1 is 1.57 bits per heavy atom. The Labute approximate surface area is 40.0 Å². The van der Waals surface area contributed by atoms with Crippen LogP contribution in [0.1, 0.15) is 6.42 Å². The van der Waals surface area contributed by atoms with Crippen LogP contribution in [0.15, 0.2) is 4.99 Å². The number of carbonyl (C=O) groups is 2. The van der Waals surface area contributed by atoms with Crippen molar-refractivity contribution in [1.29, 1.82) is 0 Å². The molecule has 0 fully saturated rings. The van der Waals surface area contributed by atoms with Crippen molar-refractivity contribution >= 4 is 17.9 Å². The van der Waals surface area contributed by atoms with Gasteiger partial charge in [-0.05, 0) is 0 Å². The van der Waals surface area contributed by atoms with Gasteiger partial charge in [0.2, 0.25) is 0 Å². The number of ketones is 1. The molecule has 0 radical (unpaired) electrons. The summed E-state index contributed by atoms with van der Waals surface area (Å²) in [5.74, 6) is -0.519. The predicted molar refractivity (Wildman–Crippen MR) is 23.1 cm³/mol. The zero-order valence-electron chi connectivity index (χ0n) is 3.55. The van der Waals surface area contributed by atoms with E-state index in [9.17, 15) is 9.59 Å². The van der Waals surface area contributed by atoms with E-state index in [1.54, 1.807) is 0 Å². The fourth-order valence-electron chi connectivity index (χ4n) is 0.384. The van der Waals surface area contributed by atoms with Gasteiger partial charge in [-0.1, -0.05) is 0 Å². The summed E-state index contributed by atoms with van der Waals surface area (Å²) in [6.07, 6.45) is 1.03. The van der Waals surface area contributed by atoms with E-state index in [2.05, 4.69) is 4.99 Å². The van der Waals surface area contributed by atoms with Crippen molar-refractivity contribution in [2.24, 2.45) is 4.99 Å². The number of carbonyl (C=O) groups excluding carboxylic acids is 2. The molecule has 0 spiro atoms. The Bertz CT molecular complexity index is 132. The fraction of sp³-hybridized carbons (Fsp3) is 0.250. The van der Waals surface area contributed by atoms with Crippen LogP contribution in [-0.2, 0) is 9.59 Å². The van der Waals surface area contributed by atoms with E-state index in [0.29, 0.717) is 0 Å². The predicted octanol–water partition coefficient (Wildman–Crippen LogP) is -0.443. The Hall–Kier alpha value is -0.990. The molecule has 7 heavy (non-hydrogen) atoms. The number of nitrogens with zero attached hydrogens (tertiary/aromatic N) is 1. The molecule has 3 heteroatoms. The summed E-state index contributed by atoms with van der Waals surface area (Å²) >= 11 is 0. The molecule has 0 atom stereocenters. The Morgan fingerprint density at radius 2 is 2.29 bits per heavy atom. The van der Waals surface area contributed by atoms with Gasteiger partial charge < -0.3 is 0 Å². The maximum absolute atomic E-state index is 10.1. The van der Waals surface area contributed by atoms with E-state index in [4.69, 9.17) is 0 Å². The van der Waals surface area contributed by atoms with Crippen molar-refractivity contribution < 1.29 is 9.59 Å². The molecule has 0 aromatic rings. The van der Waals surface area contributed by atoms with Crippen LogP contribution in [0.25, 0.3) is 0 Å². The maximum Gasteiger partial charge on any atom is 0.253 e. The first-order valence-electron chi connectivity index (χ1n) is 1.89. The van der Waals surface area contributed by atoms with Crippen molar-refractivity contribution in [2.75, 3.05) is 0 Å². The molecule has 0 saturated carbocycles. The number of rotatable bonds is 0. The quantitative estimate of drug-likeness (QED) is 0.384. The normalized spacial score (nSPS) is 18.9. The van der Waals surface area contributed by atoms with Crippen molar-refractivity contribution in [3.05, 3.63) is 0 Å². The largest absolute Gasteiger partial charge is 0.293 e. The second-order valence-electron chi connectivity index (χ2n) is 1.30. The summed E-state index contributed by atoms with van der Waals surface area (Å²) in [6, 6.07) is 0. The van der Waals surface area contributed by atoms with Crippen LogP contribution >= 0.6 is 0 Å². The van der Waals surface area contributed by atoms with E-state index in [-0.39, 0.29) is 18.1 Å². The molecule has 1 amide bonds. The van der Waals surface area contributed by atoms with E-state index >= 15 is 0 Å². The van der Waals surface area contributed by atoms with Gasteiger partial charge in [0.25, 0.3) is 5.91 Å². The van der Waals surface area contributed by atoms with Crippen LogP contribution in [0.4, 0.5) is 0 Å². The number of aliphatic imine (C=N–C) groups is 1. The molecule has 1 aliphatic rings. The number of hydrogen-bond donors (Lipinski definition) is 0. The van der Waals surface area contributed by atoms with Gasteiger partial charge in [0.15, 0.2) is 5.78 Å². The molecular formula is C4H3NO2. The topological polar surface area (TPSA) is 46.5 Å². The highest BCUT2D eigenvalue weighted by atomic mass is 16.2. The summed E-state index contributed by atoms with van der Waals surface area (Å²) in [7, 11) is 0. The Morgan fingerprint density at radius 3 is 2.43 bits per heavy atom. The van der Waals surface area contributed by atoms with Gasteiger partial charge in [-0.2, -0.15) is 0 Å². The molecule has 0 bridgehead atoms. The van der Waals surface area contributed by atoms with Gasteiger partial charge in [0.05, 0.1) is 12.6 Å². The highest BCUT2D eigenvalue weighted by Gasteiger charge is 2.11. The second kappa shape index (κ2) is 1.26. The van der Waals surface area contributed by atoms with Gasteiger partial charge in [0, 0.05) is 0 Å². The van der Waals surface area contributed by atoms with Gasteiger partial charge in [-0.15, -0.1) is 0 Å². The van der Waals surface area contributed by atoms with E-state index in [1.807, 2.05) is 0 Å². The van der Waals surface area contributed by atoms with Crippen LogP contribution < -0.4 is 0 Å². The molecule has 1 aliphatic heterocycles. The zero-order chi connectivity index (χ0) is 5.28. The van der Waals surface area contributed by atoms with Crippen LogP contribution in [0.5, 0.6) is 0 Å². The van der Waals surface area contributed by atoms with Crippen LogP contribution in [0.3, 0.4) is 0 Å². The minimum absolute atomic E-state index is 0.0278. The highest BCUT2D eigenvalue weighted by Crippen LogP contribution is 1.91. The standard InChI is InChI=1S/C4H3NO2/c6-3-1-4(7)5-2-3/h2H,1H2. The molecular weight excluding hydrogens is 94.0 g/mol. The third-order valence-electron chi connectivity index (χ3n) is 0.678. The van der Waals surface area contributed by atoms with Gasteiger partial charge in [0.1, 0.15) is 0 Å². The number of hydrogen-bond acceptors (Lipinski definition) is 2. The molecule has 36 valence electrons. The SMILES string of the molecule is O=C1C=NC(=O)C1. The minimum atomic E-state index is -0.329.